The number of hydrogen-bond donors (Lipinski definition) is 1. The van der Waals surface area contributed by atoms with E-state index in [4.69, 9.17) is 16.3 Å². The van der Waals surface area contributed by atoms with E-state index in [1.165, 1.54) is 4.90 Å². The standard InChI is InChI=1S/C14H16N4O/c1-11-4-5-12(10-13(11)17)14(19)18(8-2-6-15)9-3-7-16/h4-5,10H,2-3,8-9,17H2,1H3. The minimum Gasteiger partial charge on any atom is -0.398 e. The maximum absolute atomic E-state index is 12.3. The molecule has 0 aliphatic carbocycles. The molecule has 0 spiro atoms. The second-order valence-electron chi connectivity index (χ2n) is 4.18. The first kappa shape index (κ1) is 14.5. The van der Waals surface area contributed by atoms with Gasteiger partial charge in [0.05, 0.1) is 25.0 Å². The number of hydrogen-bond acceptors (Lipinski definition) is 4. The van der Waals surface area contributed by atoms with Crippen molar-refractivity contribution >= 4 is 11.6 Å². The molecule has 0 fully saturated rings. The lowest BCUT2D eigenvalue weighted by Gasteiger charge is -2.20. The molecule has 19 heavy (non-hydrogen) atoms. The summed E-state index contributed by atoms with van der Waals surface area (Å²) in [6.07, 6.45) is 0.497. The van der Waals surface area contributed by atoms with E-state index in [9.17, 15) is 4.79 Å². The number of nitriles is 2. The van der Waals surface area contributed by atoms with Gasteiger partial charge in [0.2, 0.25) is 0 Å². The van der Waals surface area contributed by atoms with E-state index in [0.29, 0.717) is 24.3 Å². The minimum absolute atomic E-state index is 0.197. The molecule has 98 valence electrons. The first-order chi connectivity index (χ1) is 9.10. The summed E-state index contributed by atoms with van der Waals surface area (Å²) in [5, 5.41) is 17.2. The molecule has 0 radical (unpaired) electrons. The highest BCUT2D eigenvalue weighted by molar-refractivity contribution is 5.95. The highest BCUT2D eigenvalue weighted by Gasteiger charge is 2.15. The number of aryl methyl sites for hydroxylation is 1. The molecule has 1 aromatic rings. The van der Waals surface area contributed by atoms with Crippen LogP contribution >= 0.6 is 0 Å². The largest absolute Gasteiger partial charge is 0.398 e. The average molecular weight is 256 g/mol. The molecule has 0 saturated heterocycles. The zero-order valence-corrected chi connectivity index (χ0v) is 10.9. The van der Waals surface area contributed by atoms with Gasteiger partial charge in [0.1, 0.15) is 0 Å². The molecule has 1 rings (SSSR count). The van der Waals surface area contributed by atoms with Crippen LogP contribution in [0.4, 0.5) is 5.69 Å². The zero-order valence-electron chi connectivity index (χ0n) is 10.9. The van der Waals surface area contributed by atoms with Gasteiger partial charge in [-0.1, -0.05) is 6.07 Å². The third kappa shape index (κ3) is 4.01. The van der Waals surface area contributed by atoms with Crippen molar-refractivity contribution in [3.63, 3.8) is 0 Å². The number of carbonyl (C=O) groups is 1. The Morgan fingerprint density at radius 1 is 1.26 bits per heavy atom. The van der Waals surface area contributed by atoms with Crippen LogP contribution in [0.5, 0.6) is 0 Å². The van der Waals surface area contributed by atoms with Crippen LogP contribution in [-0.4, -0.2) is 23.9 Å². The summed E-state index contributed by atoms with van der Waals surface area (Å²) in [5.74, 6) is -0.197. The van der Waals surface area contributed by atoms with Crippen LogP contribution in [0, 0.1) is 29.6 Å². The van der Waals surface area contributed by atoms with E-state index in [1.807, 2.05) is 19.1 Å². The van der Waals surface area contributed by atoms with Crippen molar-refractivity contribution in [3.8, 4) is 12.1 Å². The van der Waals surface area contributed by atoms with Gasteiger partial charge in [-0.3, -0.25) is 4.79 Å². The monoisotopic (exact) mass is 256 g/mol. The third-order valence-electron chi connectivity index (χ3n) is 2.80. The summed E-state index contributed by atoms with van der Waals surface area (Å²) in [5.41, 5.74) is 7.74. The van der Waals surface area contributed by atoms with Gasteiger partial charge in [0.15, 0.2) is 0 Å². The van der Waals surface area contributed by atoms with E-state index in [-0.39, 0.29) is 18.7 Å². The maximum atomic E-state index is 12.3. The lowest BCUT2D eigenvalue weighted by atomic mass is 10.1. The summed E-state index contributed by atoms with van der Waals surface area (Å²) < 4.78 is 0. The molecule has 0 aromatic heterocycles. The third-order valence-corrected chi connectivity index (χ3v) is 2.80. The quantitative estimate of drug-likeness (QED) is 0.813. The minimum atomic E-state index is -0.197. The lowest BCUT2D eigenvalue weighted by Crippen LogP contribution is -2.32. The number of nitrogens with two attached hydrogens (primary N) is 1. The maximum Gasteiger partial charge on any atom is 0.253 e. The fourth-order valence-electron chi connectivity index (χ4n) is 1.64. The molecule has 0 aliphatic heterocycles. The topological polar surface area (TPSA) is 93.9 Å². The number of carbonyl (C=O) groups excluding carboxylic acids is 1. The average Bonchev–Trinajstić information content (AvgIpc) is 2.41. The number of amides is 1. The van der Waals surface area contributed by atoms with Crippen molar-refractivity contribution in [2.24, 2.45) is 0 Å². The Balaban J connectivity index is 2.88. The second kappa shape index (κ2) is 7.03. The Morgan fingerprint density at radius 3 is 2.32 bits per heavy atom. The number of nitrogens with zero attached hydrogens (tertiary/aromatic N) is 3. The van der Waals surface area contributed by atoms with E-state index < -0.39 is 0 Å². The van der Waals surface area contributed by atoms with Crippen LogP contribution in [0.15, 0.2) is 18.2 Å². The van der Waals surface area contributed by atoms with E-state index >= 15 is 0 Å². The van der Waals surface area contributed by atoms with Gasteiger partial charge in [-0.2, -0.15) is 10.5 Å². The Morgan fingerprint density at radius 2 is 1.84 bits per heavy atom. The highest BCUT2D eigenvalue weighted by atomic mass is 16.2. The van der Waals surface area contributed by atoms with Gasteiger partial charge >= 0.3 is 0 Å². The number of benzene rings is 1. The molecule has 2 N–H and O–H groups in total. The SMILES string of the molecule is Cc1ccc(C(=O)N(CCC#N)CCC#N)cc1N. The molecule has 0 unspecified atom stereocenters. The van der Waals surface area contributed by atoms with Gasteiger partial charge in [-0.05, 0) is 24.6 Å². The molecule has 0 aliphatic rings. The van der Waals surface area contributed by atoms with Crippen LogP contribution in [0.25, 0.3) is 0 Å². The van der Waals surface area contributed by atoms with E-state index in [0.717, 1.165) is 5.56 Å². The molecule has 0 saturated carbocycles. The fourth-order valence-corrected chi connectivity index (χ4v) is 1.64. The predicted molar refractivity (Wildman–Crippen MR) is 72.0 cm³/mol. The Kier molecular flexibility index (Phi) is 5.37. The lowest BCUT2D eigenvalue weighted by molar-refractivity contribution is 0.0762. The van der Waals surface area contributed by atoms with Crippen LogP contribution < -0.4 is 5.73 Å². The predicted octanol–water partition coefficient (Wildman–Crippen LogP) is 1.85. The molecule has 0 atom stereocenters. The number of nitrogen functional groups attached to an aromatic ring is 1. The number of rotatable bonds is 5. The van der Waals surface area contributed by atoms with Gasteiger partial charge in [-0.15, -0.1) is 0 Å². The van der Waals surface area contributed by atoms with Gasteiger partial charge in [0.25, 0.3) is 5.91 Å². The van der Waals surface area contributed by atoms with E-state index in [1.54, 1.807) is 18.2 Å². The van der Waals surface area contributed by atoms with Crippen molar-refractivity contribution in [3.05, 3.63) is 29.3 Å². The van der Waals surface area contributed by atoms with Crippen LogP contribution in [0.2, 0.25) is 0 Å². The Hall–Kier alpha value is -2.53. The Bertz CT molecular complexity index is 521. The number of anilines is 1. The van der Waals surface area contributed by atoms with Crippen molar-refractivity contribution in [2.75, 3.05) is 18.8 Å². The van der Waals surface area contributed by atoms with Gasteiger partial charge in [0, 0.05) is 24.3 Å². The molecular weight excluding hydrogens is 240 g/mol. The van der Waals surface area contributed by atoms with Gasteiger partial charge in [-0.25, -0.2) is 0 Å². The molecule has 5 heteroatoms. The molecule has 5 nitrogen and oxygen atoms in total. The van der Waals surface area contributed by atoms with Crippen molar-refractivity contribution < 1.29 is 4.79 Å². The highest BCUT2D eigenvalue weighted by Crippen LogP contribution is 2.15. The zero-order chi connectivity index (χ0) is 14.3. The normalized spacial score (nSPS) is 9.42. The van der Waals surface area contributed by atoms with Crippen molar-refractivity contribution in [1.82, 2.24) is 4.90 Å². The molecule has 1 amide bonds. The Labute approximate surface area is 112 Å². The van der Waals surface area contributed by atoms with Crippen LogP contribution in [-0.2, 0) is 0 Å². The fraction of sp³-hybridized carbons (Fsp3) is 0.357. The van der Waals surface area contributed by atoms with E-state index in [2.05, 4.69) is 0 Å². The van der Waals surface area contributed by atoms with Crippen LogP contribution in [0.1, 0.15) is 28.8 Å². The molecule has 1 aromatic carbocycles. The second-order valence-corrected chi connectivity index (χ2v) is 4.18. The van der Waals surface area contributed by atoms with Crippen LogP contribution in [0.3, 0.4) is 0 Å². The molecular formula is C14H16N4O. The summed E-state index contributed by atoms with van der Waals surface area (Å²) in [6, 6.07) is 9.12. The first-order valence-electron chi connectivity index (χ1n) is 5.99. The van der Waals surface area contributed by atoms with Gasteiger partial charge < -0.3 is 10.6 Å². The molecule has 0 bridgehead atoms. The van der Waals surface area contributed by atoms with Crippen molar-refractivity contribution in [2.45, 2.75) is 19.8 Å². The summed E-state index contributed by atoms with van der Waals surface area (Å²) in [4.78, 5) is 13.8. The first-order valence-corrected chi connectivity index (χ1v) is 5.99. The van der Waals surface area contributed by atoms with Crippen molar-refractivity contribution in [1.29, 1.82) is 10.5 Å². The molecule has 0 heterocycles. The summed E-state index contributed by atoms with van der Waals surface area (Å²) in [7, 11) is 0. The smallest absolute Gasteiger partial charge is 0.253 e. The summed E-state index contributed by atoms with van der Waals surface area (Å²) >= 11 is 0. The summed E-state index contributed by atoms with van der Waals surface area (Å²) in [6.45, 7) is 2.52.